The van der Waals surface area contributed by atoms with E-state index in [1.165, 1.54) is 18.6 Å². The number of alkyl halides is 1. The first-order valence-corrected chi connectivity index (χ1v) is 9.55. The molecule has 0 atom stereocenters. The predicted octanol–water partition coefficient (Wildman–Crippen LogP) is 2.66. The van der Waals surface area contributed by atoms with Crippen molar-refractivity contribution in [3.8, 4) is 6.07 Å². The summed E-state index contributed by atoms with van der Waals surface area (Å²) in [4.78, 5) is 10.2. The van der Waals surface area contributed by atoms with E-state index in [4.69, 9.17) is 21.8 Å². The molecule has 160 valence electrons. The molecule has 8 nitrogen and oxygen atoms in total. The molecule has 1 aromatic carbocycles. The lowest BCUT2D eigenvalue weighted by atomic mass is 9.95. The average Bonchev–Trinajstić information content (AvgIpc) is 2.78. The molecule has 10 heteroatoms. The Balaban J connectivity index is 1.92. The van der Waals surface area contributed by atoms with Gasteiger partial charge in [0.2, 0.25) is 0 Å². The summed E-state index contributed by atoms with van der Waals surface area (Å²) < 4.78 is 28.6. The number of piperidine rings is 1. The largest absolute Gasteiger partial charge is 0.398 e. The van der Waals surface area contributed by atoms with Crippen molar-refractivity contribution in [3.63, 3.8) is 0 Å². The lowest BCUT2D eigenvalue weighted by Gasteiger charge is -2.33. The molecule has 0 amide bonds. The van der Waals surface area contributed by atoms with Gasteiger partial charge in [-0.1, -0.05) is 0 Å². The van der Waals surface area contributed by atoms with Crippen LogP contribution in [0.2, 0.25) is 0 Å². The second-order valence-electron chi connectivity index (χ2n) is 7.15. The fourth-order valence-corrected chi connectivity index (χ4v) is 3.38. The molecule has 0 saturated carbocycles. The first-order valence-electron chi connectivity index (χ1n) is 9.55. The molecule has 2 aromatic rings. The summed E-state index contributed by atoms with van der Waals surface area (Å²) >= 11 is 0. The topological polar surface area (TPSA) is 139 Å². The molecule has 1 aliphatic rings. The number of halogens is 2. The van der Waals surface area contributed by atoms with Crippen LogP contribution in [0.15, 0.2) is 30.7 Å². The van der Waals surface area contributed by atoms with Crippen LogP contribution in [0.4, 0.5) is 20.3 Å². The molecule has 0 radical (unpaired) electrons. The number of nitrogens with zero attached hydrogens (tertiary/aromatic N) is 4. The highest BCUT2D eigenvalue weighted by atomic mass is 19.1. The maximum absolute atomic E-state index is 14.4. The third-order valence-electron chi connectivity index (χ3n) is 5.16. The van der Waals surface area contributed by atoms with Crippen molar-refractivity contribution in [1.82, 2.24) is 15.3 Å². The van der Waals surface area contributed by atoms with Gasteiger partial charge < -0.3 is 21.4 Å². The van der Waals surface area contributed by atoms with Gasteiger partial charge in [-0.05, 0) is 12.1 Å². The molecule has 1 aromatic heterocycles. The van der Waals surface area contributed by atoms with E-state index in [2.05, 4.69) is 15.3 Å². The molecule has 0 spiro atoms. The Hall–Kier alpha value is -3.87. The number of aromatic nitrogens is 2. The first-order chi connectivity index (χ1) is 14.8. The predicted molar refractivity (Wildman–Crippen MR) is 115 cm³/mol. The normalized spacial score (nSPS) is 15.8. The van der Waals surface area contributed by atoms with Crippen LogP contribution in [0.5, 0.6) is 0 Å². The number of benzene rings is 1. The number of anilines is 2. The lowest BCUT2D eigenvalue weighted by Crippen LogP contribution is -2.41. The quantitative estimate of drug-likeness (QED) is 0.415. The molecule has 5 N–H and O–H groups in total. The Kier molecular flexibility index (Phi) is 6.25. The van der Waals surface area contributed by atoms with Gasteiger partial charge in [0.05, 0.1) is 11.4 Å². The molecular formula is C21H22F2N8. The number of allylic oxidation sites excluding steroid dienone is 1. The molecule has 0 bridgehead atoms. The Morgan fingerprint density at radius 2 is 2.00 bits per heavy atom. The smallest absolute Gasteiger partial charge is 0.199 e. The number of nitriles is 1. The van der Waals surface area contributed by atoms with Crippen LogP contribution >= 0.6 is 0 Å². The summed E-state index contributed by atoms with van der Waals surface area (Å²) in [7, 11) is 1.63. The van der Waals surface area contributed by atoms with Crippen molar-refractivity contribution in [2.24, 2.45) is 0 Å². The van der Waals surface area contributed by atoms with Crippen molar-refractivity contribution < 1.29 is 8.78 Å². The van der Waals surface area contributed by atoms with E-state index >= 15 is 0 Å². The van der Waals surface area contributed by atoms with Gasteiger partial charge >= 0.3 is 0 Å². The van der Waals surface area contributed by atoms with Crippen molar-refractivity contribution in [2.75, 3.05) is 30.8 Å². The Morgan fingerprint density at radius 1 is 1.29 bits per heavy atom. The van der Waals surface area contributed by atoms with E-state index in [-0.39, 0.29) is 46.6 Å². The molecule has 3 rings (SSSR count). The highest BCUT2D eigenvalue weighted by molar-refractivity contribution is 6.15. The van der Waals surface area contributed by atoms with Gasteiger partial charge in [-0.15, -0.1) is 0 Å². The van der Waals surface area contributed by atoms with Gasteiger partial charge in [0.1, 0.15) is 24.0 Å². The second kappa shape index (κ2) is 8.87. The standard InChI is InChI=1S/C21H22F2N8/c1-28-10-13(9-24)14-6-15(17(26)7-16(14)22)20(27)18-8-19(30-12-29-18)31-4-2-21(23,11-25)3-5-31/h6-10,12,24,27-28H,2-5,26H2,1H3/b13-10+,24-9?,27-20?. The Morgan fingerprint density at radius 3 is 2.61 bits per heavy atom. The summed E-state index contributed by atoms with van der Waals surface area (Å²) in [6, 6.07) is 5.82. The van der Waals surface area contributed by atoms with Gasteiger partial charge in [-0.25, -0.2) is 18.7 Å². The van der Waals surface area contributed by atoms with Crippen LogP contribution in [0, 0.1) is 28.0 Å². The Bertz CT molecular complexity index is 1080. The van der Waals surface area contributed by atoms with Gasteiger partial charge in [-0.2, -0.15) is 5.26 Å². The number of nitrogens with two attached hydrogens (primary N) is 1. The van der Waals surface area contributed by atoms with Crippen molar-refractivity contribution in [2.45, 2.75) is 18.5 Å². The minimum absolute atomic E-state index is 0.0370. The number of nitrogen functional groups attached to an aromatic ring is 1. The van der Waals surface area contributed by atoms with Crippen LogP contribution in [-0.2, 0) is 0 Å². The van der Waals surface area contributed by atoms with Crippen LogP contribution in [-0.4, -0.2) is 47.7 Å². The third-order valence-corrected chi connectivity index (χ3v) is 5.16. The molecule has 0 aliphatic carbocycles. The van der Waals surface area contributed by atoms with E-state index in [0.717, 1.165) is 12.3 Å². The zero-order valence-electron chi connectivity index (χ0n) is 16.9. The summed E-state index contributed by atoms with van der Waals surface area (Å²) in [5, 5.41) is 27.8. The van der Waals surface area contributed by atoms with Crippen LogP contribution in [0.3, 0.4) is 0 Å². The highest BCUT2D eigenvalue weighted by Gasteiger charge is 2.35. The van der Waals surface area contributed by atoms with E-state index in [1.807, 2.05) is 4.90 Å². The fourth-order valence-electron chi connectivity index (χ4n) is 3.38. The van der Waals surface area contributed by atoms with Crippen molar-refractivity contribution in [3.05, 3.63) is 53.4 Å². The molecular weight excluding hydrogens is 402 g/mol. The summed E-state index contributed by atoms with van der Waals surface area (Å²) in [6.07, 6.45) is 3.91. The van der Waals surface area contributed by atoms with Gasteiger partial charge in [-0.3, -0.25) is 5.41 Å². The maximum atomic E-state index is 14.4. The summed E-state index contributed by atoms with van der Waals surface area (Å²) in [6.45, 7) is 0.627. The Labute approximate surface area is 178 Å². The van der Waals surface area contributed by atoms with Gasteiger partial charge in [0.25, 0.3) is 0 Å². The minimum atomic E-state index is -1.83. The van der Waals surface area contributed by atoms with Crippen LogP contribution < -0.4 is 16.0 Å². The zero-order valence-corrected chi connectivity index (χ0v) is 16.9. The molecule has 1 saturated heterocycles. The number of nitrogens with one attached hydrogen (secondary N) is 3. The summed E-state index contributed by atoms with van der Waals surface area (Å²) in [5.74, 6) is -0.103. The third kappa shape index (κ3) is 4.50. The summed E-state index contributed by atoms with van der Waals surface area (Å²) in [5.41, 5.74) is 5.11. The second-order valence-corrected chi connectivity index (χ2v) is 7.15. The van der Waals surface area contributed by atoms with Crippen LogP contribution in [0.25, 0.3) is 5.57 Å². The molecule has 0 unspecified atom stereocenters. The van der Waals surface area contributed by atoms with E-state index in [1.54, 1.807) is 19.2 Å². The lowest BCUT2D eigenvalue weighted by molar-refractivity contribution is 0.193. The monoisotopic (exact) mass is 424 g/mol. The minimum Gasteiger partial charge on any atom is -0.398 e. The zero-order chi connectivity index (χ0) is 22.6. The fraction of sp³-hybridized carbons (Fsp3) is 0.286. The van der Waals surface area contributed by atoms with Gasteiger partial charge in [0.15, 0.2) is 5.67 Å². The van der Waals surface area contributed by atoms with E-state index < -0.39 is 11.5 Å². The molecule has 1 aliphatic heterocycles. The molecule has 1 fully saturated rings. The SMILES string of the molecule is CN/C=C(\C=N)c1cc(C(=N)c2cc(N3CCC(F)(C#N)CC3)ncn2)c(N)cc1F. The van der Waals surface area contributed by atoms with Crippen molar-refractivity contribution in [1.29, 1.82) is 16.1 Å². The number of rotatable bonds is 6. The average molecular weight is 424 g/mol. The molecule has 2 heterocycles. The van der Waals surface area contributed by atoms with Crippen LogP contribution in [0.1, 0.15) is 29.7 Å². The van der Waals surface area contributed by atoms with Crippen molar-refractivity contribution >= 4 is 29.0 Å². The number of hydrogen-bond donors (Lipinski definition) is 4. The van der Waals surface area contributed by atoms with E-state index in [0.29, 0.717) is 18.9 Å². The maximum Gasteiger partial charge on any atom is 0.199 e. The first kappa shape index (κ1) is 21.8. The molecule has 31 heavy (non-hydrogen) atoms. The number of hydrogen-bond acceptors (Lipinski definition) is 8. The van der Waals surface area contributed by atoms with Gasteiger partial charge in [0, 0.05) is 73.8 Å². The van der Waals surface area contributed by atoms with E-state index in [9.17, 15) is 8.78 Å². The highest BCUT2D eigenvalue weighted by Crippen LogP contribution is 2.29.